The Morgan fingerprint density at radius 2 is 1.55 bits per heavy atom. The van der Waals surface area contributed by atoms with Crippen molar-refractivity contribution in [3.63, 3.8) is 0 Å². The summed E-state index contributed by atoms with van der Waals surface area (Å²) in [4.78, 5) is 34.1. The number of hydrogen-bond acceptors (Lipinski definition) is 15. The normalized spacial score (nSPS) is 16.8. The number of nitrogens with zero attached hydrogens (tertiary/aromatic N) is 3. The van der Waals surface area contributed by atoms with E-state index in [0.29, 0.717) is 28.7 Å². The maximum Gasteiger partial charge on any atom is 0.338 e. The second kappa shape index (κ2) is 12.8. The first-order valence-electron chi connectivity index (χ1n) is 13.6. The van der Waals surface area contributed by atoms with E-state index in [9.17, 15) is 43.3 Å². The van der Waals surface area contributed by atoms with E-state index in [1.54, 1.807) is 19.1 Å². The van der Waals surface area contributed by atoms with Gasteiger partial charge in [0.15, 0.2) is 34.5 Å². The molecule has 20 heteroatoms. The average Bonchev–Trinajstić information content (AvgIpc) is 3.42. The molecule has 1 fully saturated rings. The number of ether oxygens (including phenoxy) is 1. The van der Waals surface area contributed by atoms with Crippen LogP contribution in [0.25, 0.3) is 0 Å². The minimum absolute atomic E-state index is 0.0567. The van der Waals surface area contributed by atoms with Crippen LogP contribution in [-0.4, -0.2) is 96.9 Å². The van der Waals surface area contributed by atoms with Gasteiger partial charge >= 0.3 is 5.97 Å². The molecule has 1 aliphatic rings. The van der Waals surface area contributed by atoms with Crippen molar-refractivity contribution in [2.24, 2.45) is 0 Å². The first kappa shape index (κ1) is 35.7. The molecule has 0 spiro atoms. The SMILES string of the molecule is CCOC(=O)c1ccc(Nc2cccc(S(=O)(=O)NC(=O)c3cccnc3N3CC(S(C)(=O)=O)CC3(S(C)(=O)=O)S(C)(=O)=O)n2)cc1. The van der Waals surface area contributed by atoms with Crippen LogP contribution in [0.2, 0.25) is 0 Å². The standard InChI is InChI=1S/C27H31N5O11S4/c1-5-43-26(34)18-11-13-19(14-12-18)29-22-9-6-10-23(30-22)47(41,42)31-25(33)21-8-7-15-28-24(21)32-17-20(44(2,35)36)16-27(32,45(3,37)38)46(4,39)40/h6-15,20H,5,16-17H2,1-4H3,(H,29,30)(H,31,33). The molecule has 1 aromatic carbocycles. The van der Waals surface area contributed by atoms with Gasteiger partial charge in [0, 0.05) is 43.6 Å². The van der Waals surface area contributed by atoms with Crippen LogP contribution in [0.5, 0.6) is 0 Å². The smallest absolute Gasteiger partial charge is 0.338 e. The second-order valence-electron chi connectivity index (χ2n) is 10.6. The number of rotatable bonds is 11. The van der Waals surface area contributed by atoms with Crippen molar-refractivity contribution in [1.82, 2.24) is 14.7 Å². The molecule has 2 N–H and O–H groups in total. The van der Waals surface area contributed by atoms with Gasteiger partial charge in [0.1, 0.15) is 11.6 Å². The van der Waals surface area contributed by atoms with Crippen LogP contribution in [0, 0.1) is 0 Å². The van der Waals surface area contributed by atoms with E-state index in [1.807, 2.05) is 4.72 Å². The third-order valence-electron chi connectivity index (χ3n) is 7.23. The monoisotopic (exact) mass is 729 g/mol. The number of aromatic nitrogens is 2. The Hall–Kier alpha value is -4.14. The van der Waals surface area contributed by atoms with E-state index in [-0.39, 0.29) is 12.4 Å². The lowest BCUT2D eigenvalue weighted by Gasteiger charge is -2.36. The van der Waals surface area contributed by atoms with Gasteiger partial charge in [-0.1, -0.05) is 6.07 Å². The van der Waals surface area contributed by atoms with E-state index < -0.39 is 90.2 Å². The Bertz CT molecular complexity index is 2120. The minimum atomic E-state index is -4.70. The van der Waals surface area contributed by atoms with Crippen molar-refractivity contribution < 1.29 is 48.0 Å². The summed E-state index contributed by atoms with van der Waals surface area (Å²) >= 11 is 0. The van der Waals surface area contributed by atoms with Gasteiger partial charge in [-0.3, -0.25) is 4.79 Å². The van der Waals surface area contributed by atoms with E-state index in [0.717, 1.165) is 24.6 Å². The maximum absolute atomic E-state index is 13.5. The zero-order valence-electron chi connectivity index (χ0n) is 25.4. The summed E-state index contributed by atoms with van der Waals surface area (Å²) in [5.41, 5.74) is 0.200. The van der Waals surface area contributed by atoms with Crippen molar-refractivity contribution in [3.05, 3.63) is 71.9 Å². The lowest BCUT2D eigenvalue weighted by molar-refractivity contribution is 0.0526. The average molecular weight is 730 g/mol. The lowest BCUT2D eigenvalue weighted by Crippen LogP contribution is -2.56. The Balaban J connectivity index is 1.67. The second-order valence-corrected chi connectivity index (χ2v) is 19.3. The number of amides is 1. The summed E-state index contributed by atoms with van der Waals surface area (Å²) < 4.78 is 108. The fourth-order valence-corrected chi connectivity index (χ4v) is 11.5. The highest BCUT2D eigenvalue weighted by atomic mass is 32.3. The van der Waals surface area contributed by atoms with E-state index in [4.69, 9.17) is 4.74 Å². The lowest BCUT2D eigenvalue weighted by atomic mass is 10.2. The fourth-order valence-electron chi connectivity index (χ4n) is 5.02. The van der Waals surface area contributed by atoms with Crippen LogP contribution in [0.4, 0.5) is 17.3 Å². The van der Waals surface area contributed by atoms with Crippen molar-refractivity contribution in [3.8, 4) is 0 Å². The quantitative estimate of drug-likeness (QED) is 0.261. The first-order valence-corrected chi connectivity index (χ1v) is 20.8. The highest BCUT2D eigenvalue weighted by Gasteiger charge is 2.63. The van der Waals surface area contributed by atoms with E-state index >= 15 is 0 Å². The molecule has 2 aromatic heterocycles. The highest BCUT2D eigenvalue weighted by Crippen LogP contribution is 2.44. The zero-order valence-corrected chi connectivity index (χ0v) is 28.7. The molecule has 3 aromatic rings. The summed E-state index contributed by atoms with van der Waals surface area (Å²) in [7, 11) is -18.0. The molecule has 0 radical (unpaired) electrons. The number of carbonyl (C=O) groups is 2. The van der Waals surface area contributed by atoms with Crippen molar-refractivity contribution in [2.75, 3.05) is 42.1 Å². The molecule has 0 aliphatic carbocycles. The Morgan fingerprint density at radius 3 is 2.13 bits per heavy atom. The summed E-state index contributed by atoms with van der Waals surface area (Å²) in [6.45, 7) is 1.20. The Labute approximate surface area is 272 Å². The molecule has 254 valence electrons. The highest BCUT2D eigenvalue weighted by molar-refractivity contribution is 8.10. The number of sulfone groups is 3. The summed E-state index contributed by atoms with van der Waals surface area (Å²) in [6, 6.07) is 12.3. The zero-order chi connectivity index (χ0) is 35.0. The van der Waals surface area contributed by atoms with Gasteiger partial charge in [-0.15, -0.1) is 0 Å². The fraction of sp³-hybridized carbons (Fsp3) is 0.333. The van der Waals surface area contributed by atoms with Crippen LogP contribution in [0.15, 0.2) is 65.8 Å². The maximum atomic E-state index is 13.5. The molecule has 1 unspecified atom stereocenters. The van der Waals surface area contributed by atoms with E-state index in [2.05, 4.69) is 15.3 Å². The molecule has 1 amide bonds. The van der Waals surface area contributed by atoms with Gasteiger partial charge in [0.2, 0.25) is 4.20 Å². The topological polar surface area (TPSA) is 233 Å². The number of benzene rings is 1. The van der Waals surface area contributed by atoms with Crippen LogP contribution in [-0.2, 0) is 44.3 Å². The van der Waals surface area contributed by atoms with E-state index in [1.165, 1.54) is 30.3 Å². The summed E-state index contributed by atoms with van der Waals surface area (Å²) in [6.07, 6.45) is 2.32. The van der Waals surface area contributed by atoms with Crippen LogP contribution < -0.4 is 14.9 Å². The number of pyridine rings is 2. The summed E-state index contributed by atoms with van der Waals surface area (Å²) in [5, 5.41) is 0.809. The molecular formula is C27H31N5O11S4. The molecule has 1 saturated heterocycles. The number of esters is 1. The Kier molecular flexibility index (Phi) is 9.73. The molecule has 4 rings (SSSR count). The molecule has 0 bridgehead atoms. The third-order valence-corrected chi connectivity index (χ3v) is 14.9. The van der Waals surface area contributed by atoms with Gasteiger partial charge in [-0.25, -0.2) is 44.7 Å². The number of sulfonamides is 1. The van der Waals surface area contributed by atoms with Crippen LogP contribution in [0.1, 0.15) is 34.1 Å². The number of nitrogens with one attached hydrogen (secondary N) is 2. The number of anilines is 3. The predicted octanol–water partition coefficient (Wildman–Crippen LogP) is 0.882. The first-order chi connectivity index (χ1) is 21.7. The molecule has 3 heterocycles. The van der Waals surface area contributed by atoms with Crippen molar-refractivity contribution in [2.45, 2.75) is 27.8 Å². The van der Waals surface area contributed by atoms with Gasteiger partial charge in [0.25, 0.3) is 15.9 Å². The third kappa shape index (κ3) is 7.24. The van der Waals surface area contributed by atoms with Gasteiger partial charge in [0.05, 0.1) is 23.0 Å². The number of carbonyl (C=O) groups excluding carboxylic acids is 2. The van der Waals surface area contributed by atoms with Crippen molar-refractivity contribution >= 4 is 68.7 Å². The minimum Gasteiger partial charge on any atom is -0.462 e. The molecule has 1 atom stereocenters. The number of hydrogen-bond donors (Lipinski definition) is 2. The van der Waals surface area contributed by atoms with Crippen LogP contribution in [0.3, 0.4) is 0 Å². The molecule has 1 aliphatic heterocycles. The molecule has 47 heavy (non-hydrogen) atoms. The summed E-state index contributed by atoms with van der Waals surface area (Å²) in [5.74, 6) is -2.34. The van der Waals surface area contributed by atoms with Gasteiger partial charge in [-0.05, 0) is 55.5 Å². The predicted molar refractivity (Wildman–Crippen MR) is 172 cm³/mol. The molecule has 16 nitrogen and oxygen atoms in total. The molecule has 0 saturated carbocycles. The molecular weight excluding hydrogens is 699 g/mol. The van der Waals surface area contributed by atoms with Crippen molar-refractivity contribution in [1.29, 1.82) is 0 Å². The van der Waals surface area contributed by atoms with Gasteiger partial charge in [-0.2, -0.15) is 8.42 Å². The largest absolute Gasteiger partial charge is 0.462 e. The Morgan fingerprint density at radius 1 is 0.915 bits per heavy atom. The van der Waals surface area contributed by atoms with Gasteiger partial charge < -0.3 is 15.0 Å². The van der Waals surface area contributed by atoms with Crippen LogP contribution >= 0.6 is 0 Å².